The number of sulfone groups is 1. The Balaban J connectivity index is 2.32. The zero-order valence-corrected chi connectivity index (χ0v) is 12.8. The van der Waals surface area contributed by atoms with Gasteiger partial charge in [-0.1, -0.05) is 36.8 Å². The molecule has 0 spiro atoms. The summed E-state index contributed by atoms with van der Waals surface area (Å²) in [6.45, 7) is 5.94. The molecule has 2 aromatic carbocycles. The van der Waals surface area contributed by atoms with E-state index in [9.17, 15) is 8.42 Å². The summed E-state index contributed by atoms with van der Waals surface area (Å²) in [7, 11) is -3.38. The summed E-state index contributed by atoms with van der Waals surface area (Å²) < 4.78 is 25.8. The maximum absolute atomic E-state index is 12.9. The van der Waals surface area contributed by atoms with Gasteiger partial charge < -0.3 is 0 Å². The smallest absolute Gasteiger partial charge is 0.207 e. The molecule has 0 unspecified atom stereocenters. The van der Waals surface area contributed by atoms with Crippen LogP contribution in [0.15, 0.2) is 40.1 Å². The van der Waals surface area contributed by atoms with Gasteiger partial charge in [0.15, 0.2) is 0 Å². The zero-order valence-electron chi connectivity index (χ0n) is 12.0. The Morgan fingerprint density at radius 3 is 2.50 bits per heavy atom. The molecule has 0 bridgehead atoms. The van der Waals surface area contributed by atoms with E-state index in [4.69, 9.17) is 0 Å². The minimum absolute atomic E-state index is 0.497. The Hall–Kier alpha value is -1.61. The highest BCUT2D eigenvalue weighted by Crippen LogP contribution is 2.37. The van der Waals surface area contributed by atoms with Crippen molar-refractivity contribution in [1.82, 2.24) is 0 Å². The first kappa shape index (κ1) is 13.4. The molecule has 1 aliphatic heterocycles. The van der Waals surface area contributed by atoms with Crippen molar-refractivity contribution in [1.29, 1.82) is 0 Å². The van der Waals surface area contributed by atoms with Crippen molar-refractivity contribution in [2.24, 2.45) is 0 Å². The molecule has 20 heavy (non-hydrogen) atoms. The lowest BCUT2D eigenvalue weighted by molar-refractivity contribution is 0.590. The summed E-state index contributed by atoms with van der Waals surface area (Å²) in [5.74, 6) is 0. The Bertz CT molecular complexity index is 802. The van der Waals surface area contributed by atoms with Crippen LogP contribution in [0.3, 0.4) is 0 Å². The predicted octanol–water partition coefficient (Wildman–Crippen LogP) is 3.60. The molecule has 0 saturated carbocycles. The minimum atomic E-state index is -3.38. The van der Waals surface area contributed by atoms with Gasteiger partial charge in [0.1, 0.15) is 0 Å². The van der Waals surface area contributed by atoms with Crippen LogP contribution in [0.1, 0.15) is 34.7 Å². The number of benzene rings is 2. The molecule has 3 heteroatoms. The van der Waals surface area contributed by atoms with Gasteiger partial charge in [0.2, 0.25) is 9.84 Å². The molecule has 0 aromatic heterocycles. The van der Waals surface area contributed by atoms with Crippen LogP contribution in [0.5, 0.6) is 0 Å². The minimum Gasteiger partial charge on any atom is -0.218 e. The highest BCUT2D eigenvalue weighted by atomic mass is 32.2. The number of hydrogen-bond acceptors (Lipinski definition) is 2. The lowest BCUT2D eigenvalue weighted by Crippen LogP contribution is -2.16. The number of hydrogen-bond donors (Lipinski definition) is 0. The van der Waals surface area contributed by atoms with Gasteiger partial charge in [-0.15, -0.1) is 0 Å². The van der Waals surface area contributed by atoms with Crippen LogP contribution in [0.2, 0.25) is 0 Å². The molecule has 0 fully saturated rings. The summed E-state index contributed by atoms with van der Waals surface area (Å²) in [4.78, 5) is 1.01. The van der Waals surface area contributed by atoms with Gasteiger partial charge in [-0.2, -0.15) is 0 Å². The average molecular weight is 286 g/mol. The SMILES string of the molecule is CCc1ccc2c(c1)S(=O)(=O)c1c(C)cc(C)cc1C2. The topological polar surface area (TPSA) is 34.1 Å². The maximum atomic E-state index is 12.9. The lowest BCUT2D eigenvalue weighted by atomic mass is 9.98. The fourth-order valence-corrected chi connectivity index (χ4v) is 5.06. The van der Waals surface area contributed by atoms with Crippen molar-refractivity contribution in [2.75, 3.05) is 0 Å². The third-order valence-electron chi connectivity index (χ3n) is 3.97. The molecular weight excluding hydrogens is 268 g/mol. The quantitative estimate of drug-likeness (QED) is 0.685. The van der Waals surface area contributed by atoms with Crippen molar-refractivity contribution in [2.45, 2.75) is 43.4 Å². The van der Waals surface area contributed by atoms with Gasteiger partial charge in [-0.25, -0.2) is 8.42 Å². The third-order valence-corrected chi connectivity index (χ3v) is 6.06. The Labute approximate surface area is 120 Å². The number of aryl methyl sites for hydroxylation is 3. The van der Waals surface area contributed by atoms with Crippen LogP contribution in [0, 0.1) is 13.8 Å². The summed E-state index contributed by atoms with van der Waals surface area (Å²) in [5.41, 5.74) is 4.89. The molecule has 0 atom stereocenters. The predicted molar refractivity (Wildman–Crippen MR) is 80.0 cm³/mol. The summed E-state index contributed by atoms with van der Waals surface area (Å²) >= 11 is 0. The van der Waals surface area contributed by atoms with E-state index in [-0.39, 0.29) is 0 Å². The first-order valence-electron chi connectivity index (χ1n) is 6.90. The molecule has 2 aromatic rings. The van der Waals surface area contributed by atoms with Crippen molar-refractivity contribution < 1.29 is 8.42 Å². The van der Waals surface area contributed by atoms with E-state index in [1.165, 1.54) is 0 Å². The van der Waals surface area contributed by atoms with E-state index in [0.717, 1.165) is 34.2 Å². The molecular formula is C17H18O2S. The first-order valence-corrected chi connectivity index (χ1v) is 8.39. The van der Waals surface area contributed by atoms with Crippen LogP contribution in [-0.4, -0.2) is 8.42 Å². The maximum Gasteiger partial charge on any atom is 0.207 e. The molecule has 1 aliphatic rings. The second-order valence-corrected chi connectivity index (χ2v) is 7.40. The fourth-order valence-electron chi connectivity index (χ4n) is 3.09. The second-order valence-electron chi connectivity index (χ2n) is 5.55. The summed E-state index contributed by atoms with van der Waals surface area (Å²) in [6, 6.07) is 9.78. The van der Waals surface area contributed by atoms with Crippen molar-refractivity contribution in [3.05, 3.63) is 58.1 Å². The average Bonchev–Trinajstić information content (AvgIpc) is 2.37. The van der Waals surface area contributed by atoms with E-state index in [1.807, 2.05) is 51.1 Å². The van der Waals surface area contributed by atoms with Gasteiger partial charge in [-0.3, -0.25) is 0 Å². The van der Waals surface area contributed by atoms with Crippen molar-refractivity contribution in [3.63, 3.8) is 0 Å². The Kier molecular flexibility index (Phi) is 2.98. The fraction of sp³-hybridized carbons (Fsp3) is 0.294. The highest BCUT2D eigenvalue weighted by Gasteiger charge is 2.31. The third kappa shape index (κ3) is 1.88. The lowest BCUT2D eigenvalue weighted by Gasteiger charge is -2.22. The monoisotopic (exact) mass is 286 g/mol. The molecule has 2 nitrogen and oxygen atoms in total. The number of fused-ring (bicyclic) bond motifs is 2. The van der Waals surface area contributed by atoms with Crippen LogP contribution in [-0.2, 0) is 22.7 Å². The van der Waals surface area contributed by atoms with E-state index < -0.39 is 9.84 Å². The van der Waals surface area contributed by atoms with Crippen LogP contribution >= 0.6 is 0 Å². The first-order chi connectivity index (χ1) is 9.43. The van der Waals surface area contributed by atoms with Crippen LogP contribution in [0.25, 0.3) is 0 Å². The molecule has 0 amide bonds. The van der Waals surface area contributed by atoms with E-state index in [1.54, 1.807) is 0 Å². The van der Waals surface area contributed by atoms with Gasteiger partial charge in [0.05, 0.1) is 9.79 Å². The van der Waals surface area contributed by atoms with Crippen molar-refractivity contribution >= 4 is 9.84 Å². The zero-order chi connectivity index (χ0) is 14.5. The van der Waals surface area contributed by atoms with Gasteiger partial charge in [-0.05, 0) is 48.6 Å². The van der Waals surface area contributed by atoms with Gasteiger partial charge in [0.25, 0.3) is 0 Å². The standard InChI is InChI=1S/C17H18O2S/c1-4-13-5-6-14-10-15-8-11(2)7-12(3)17(15)20(18,19)16(14)9-13/h5-9H,4,10H2,1-3H3. The van der Waals surface area contributed by atoms with E-state index in [0.29, 0.717) is 16.2 Å². The van der Waals surface area contributed by atoms with Crippen molar-refractivity contribution in [3.8, 4) is 0 Å². The Morgan fingerprint density at radius 2 is 1.80 bits per heavy atom. The van der Waals surface area contributed by atoms with Gasteiger partial charge in [0, 0.05) is 6.42 Å². The summed E-state index contributed by atoms with van der Waals surface area (Å²) in [6.07, 6.45) is 1.55. The molecule has 3 rings (SSSR count). The van der Waals surface area contributed by atoms with Crippen LogP contribution in [0.4, 0.5) is 0 Å². The van der Waals surface area contributed by atoms with Gasteiger partial charge >= 0.3 is 0 Å². The second kappa shape index (κ2) is 4.45. The molecule has 0 aliphatic carbocycles. The highest BCUT2D eigenvalue weighted by molar-refractivity contribution is 7.91. The molecule has 1 heterocycles. The number of rotatable bonds is 1. The molecule has 0 saturated heterocycles. The molecule has 0 N–H and O–H groups in total. The largest absolute Gasteiger partial charge is 0.218 e. The van der Waals surface area contributed by atoms with E-state index in [2.05, 4.69) is 0 Å². The van der Waals surface area contributed by atoms with E-state index >= 15 is 0 Å². The normalized spacial score (nSPS) is 15.6. The van der Waals surface area contributed by atoms with Crippen LogP contribution < -0.4 is 0 Å². The Morgan fingerprint density at radius 1 is 1.05 bits per heavy atom. The molecule has 0 radical (unpaired) electrons. The molecule has 104 valence electrons. The summed E-state index contributed by atoms with van der Waals surface area (Å²) in [5, 5.41) is 0.